The highest BCUT2D eigenvalue weighted by molar-refractivity contribution is 5.92. The van der Waals surface area contributed by atoms with Gasteiger partial charge in [-0.25, -0.2) is 0 Å². The molecule has 4 aliphatic rings. The smallest absolute Gasteiger partial charge is 0.0505 e. The van der Waals surface area contributed by atoms with E-state index in [4.69, 9.17) is 4.99 Å². The number of hydrogen-bond acceptors (Lipinski definition) is 4. The van der Waals surface area contributed by atoms with Gasteiger partial charge in [-0.2, -0.15) is 0 Å². The zero-order chi connectivity index (χ0) is 26.6. The lowest BCUT2D eigenvalue weighted by Gasteiger charge is -2.45. The topological polar surface area (TPSA) is 48.5 Å². The number of nitrogens with one attached hydrogen (secondary N) is 3. The van der Waals surface area contributed by atoms with Gasteiger partial charge in [-0.05, 0) is 81.0 Å². The fourth-order valence-electron chi connectivity index (χ4n) is 9.62. The average molecular weight is 501 g/mol. The lowest BCUT2D eigenvalue weighted by Crippen LogP contribution is -2.58. The Morgan fingerprint density at radius 1 is 0.583 bits per heavy atom. The zero-order valence-electron chi connectivity index (χ0n) is 25.7. The second-order valence-corrected chi connectivity index (χ2v) is 14.1. The molecule has 0 radical (unpaired) electrons. The molecule has 3 fully saturated rings. The molecule has 4 aliphatic heterocycles. The maximum atomic E-state index is 5.58. The SMILES string of the molecule is CCC1C(C)N=C(C(C2NC(C)C(C)C2C)C(C2NC(C)C(C)C2C)C2NC(C)C(CC)C2C)C1C. The van der Waals surface area contributed by atoms with Gasteiger partial charge in [0.25, 0.3) is 0 Å². The van der Waals surface area contributed by atoms with Crippen LogP contribution in [0.4, 0.5) is 0 Å². The van der Waals surface area contributed by atoms with E-state index in [1.807, 2.05) is 0 Å². The second kappa shape index (κ2) is 11.0. The minimum absolute atomic E-state index is 0.442. The zero-order valence-corrected chi connectivity index (χ0v) is 25.7. The Labute approximate surface area is 224 Å². The summed E-state index contributed by atoms with van der Waals surface area (Å²) in [5, 5.41) is 12.6. The lowest BCUT2D eigenvalue weighted by atomic mass is 9.64. The molecule has 3 N–H and O–H groups in total. The van der Waals surface area contributed by atoms with E-state index in [2.05, 4.69) is 99.0 Å². The molecule has 0 aromatic rings. The molecule has 4 rings (SSSR count). The minimum atomic E-state index is 0.442. The van der Waals surface area contributed by atoms with Gasteiger partial charge in [0.1, 0.15) is 0 Å². The Bertz CT molecular complexity index is 780. The molecular formula is C32H60N4. The van der Waals surface area contributed by atoms with Crippen molar-refractivity contribution in [1.82, 2.24) is 16.0 Å². The third-order valence-corrected chi connectivity index (χ3v) is 12.6. The van der Waals surface area contributed by atoms with Crippen LogP contribution >= 0.6 is 0 Å². The van der Waals surface area contributed by atoms with Gasteiger partial charge in [-0.15, -0.1) is 0 Å². The molecule has 4 heterocycles. The van der Waals surface area contributed by atoms with Crippen LogP contribution in [0.3, 0.4) is 0 Å². The first kappa shape index (κ1) is 28.6. The number of hydrogen-bond donors (Lipinski definition) is 3. The van der Waals surface area contributed by atoms with Crippen molar-refractivity contribution in [1.29, 1.82) is 0 Å². The van der Waals surface area contributed by atoms with E-state index in [0.717, 1.165) is 5.92 Å². The van der Waals surface area contributed by atoms with E-state index < -0.39 is 0 Å². The highest BCUT2D eigenvalue weighted by Crippen LogP contribution is 2.48. The summed E-state index contributed by atoms with van der Waals surface area (Å²) in [5.74, 6) is 6.41. The van der Waals surface area contributed by atoms with Crippen LogP contribution in [0.15, 0.2) is 4.99 Å². The number of aliphatic imine (C=N–C) groups is 1. The van der Waals surface area contributed by atoms with Gasteiger partial charge in [-0.3, -0.25) is 4.99 Å². The molecule has 0 aromatic carbocycles. The number of nitrogens with zero attached hydrogens (tertiary/aromatic N) is 1. The summed E-state index contributed by atoms with van der Waals surface area (Å²) in [4.78, 5) is 5.58. The Hall–Kier alpha value is -0.450. The molecule has 0 bridgehead atoms. The van der Waals surface area contributed by atoms with Crippen molar-refractivity contribution < 1.29 is 0 Å². The number of rotatable bonds is 7. The summed E-state index contributed by atoms with van der Waals surface area (Å²) < 4.78 is 0. The van der Waals surface area contributed by atoms with Gasteiger partial charge in [0.05, 0.1) is 6.04 Å². The summed E-state index contributed by atoms with van der Waals surface area (Å²) in [5.41, 5.74) is 1.55. The molecule has 3 saturated heterocycles. The van der Waals surface area contributed by atoms with Crippen LogP contribution in [0, 0.1) is 59.2 Å². The quantitative estimate of drug-likeness (QED) is 0.401. The summed E-state index contributed by atoms with van der Waals surface area (Å²) in [6, 6.07) is 3.70. The summed E-state index contributed by atoms with van der Waals surface area (Å²) in [6.07, 6.45) is 2.49. The van der Waals surface area contributed by atoms with Gasteiger partial charge < -0.3 is 16.0 Å². The highest BCUT2D eigenvalue weighted by atomic mass is 15.1. The van der Waals surface area contributed by atoms with Crippen molar-refractivity contribution >= 4 is 5.71 Å². The molecule has 17 atom stereocenters. The Balaban J connectivity index is 1.84. The fraction of sp³-hybridized carbons (Fsp3) is 0.969. The predicted octanol–water partition coefficient (Wildman–Crippen LogP) is 6.01. The molecule has 0 amide bonds. The molecule has 208 valence electrons. The summed E-state index contributed by atoms with van der Waals surface area (Å²) in [6.45, 7) is 29.5. The van der Waals surface area contributed by atoms with Crippen molar-refractivity contribution in [3.8, 4) is 0 Å². The molecule has 17 unspecified atom stereocenters. The third kappa shape index (κ3) is 4.64. The van der Waals surface area contributed by atoms with Crippen molar-refractivity contribution in [3.05, 3.63) is 0 Å². The van der Waals surface area contributed by atoms with E-state index in [0.29, 0.717) is 95.6 Å². The Morgan fingerprint density at radius 3 is 1.47 bits per heavy atom. The highest BCUT2D eigenvalue weighted by Gasteiger charge is 2.56. The lowest BCUT2D eigenvalue weighted by molar-refractivity contribution is 0.145. The molecule has 0 spiro atoms. The second-order valence-electron chi connectivity index (χ2n) is 14.1. The minimum Gasteiger partial charge on any atom is -0.311 e. The fourth-order valence-corrected chi connectivity index (χ4v) is 9.62. The van der Waals surface area contributed by atoms with Crippen LogP contribution in [0.25, 0.3) is 0 Å². The van der Waals surface area contributed by atoms with Crippen LogP contribution in [-0.2, 0) is 0 Å². The normalized spacial score (nSPS) is 53.1. The van der Waals surface area contributed by atoms with Gasteiger partial charge in [0, 0.05) is 47.9 Å². The largest absolute Gasteiger partial charge is 0.311 e. The van der Waals surface area contributed by atoms with Gasteiger partial charge >= 0.3 is 0 Å². The van der Waals surface area contributed by atoms with Crippen molar-refractivity contribution in [2.24, 2.45) is 64.2 Å². The van der Waals surface area contributed by atoms with Crippen molar-refractivity contribution in [2.75, 3.05) is 0 Å². The van der Waals surface area contributed by atoms with E-state index in [1.165, 1.54) is 12.8 Å². The van der Waals surface area contributed by atoms with Crippen molar-refractivity contribution in [3.63, 3.8) is 0 Å². The van der Waals surface area contributed by atoms with Crippen molar-refractivity contribution in [2.45, 2.75) is 138 Å². The molecule has 4 heteroatoms. The molecule has 0 saturated carbocycles. The first-order valence-corrected chi connectivity index (χ1v) is 15.8. The van der Waals surface area contributed by atoms with E-state index >= 15 is 0 Å². The summed E-state index contributed by atoms with van der Waals surface area (Å²) >= 11 is 0. The Kier molecular flexibility index (Phi) is 8.70. The van der Waals surface area contributed by atoms with E-state index in [-0.39, 0.29) is 0 Å². The monoisotopic (exact) mass is 500 g/mol. The molecule has 36 heavy (non-hydrogen) atoms. The van der Waals surface area contributed by atoms with Crippen LogP contribution in [0.2, 0.25) is 0 Å². The van der Waals surface area contributed by atoms with Gasteiger partial charge in [0.15, 0.2) is 0 Å². The predicted molar refractivity (Wildman–Crippen MR) is 156 cm³/mol. The maximum absolute atomic E-state index is 5.58. The van der Waals surface area contributed by atoms with E-state index in [1.54, 1.807) is 5.71 Å². The standard InChI is InChI=1S/C32H60N4/c1-13-25-19(7)31(35-23(25)11)27(29-17(5)15(3)21(9)33-29)28(30-18(6)16(4)22(10)34-30)32-20(8)26(14-2)24(12)36-32/h15-31,33-35H,13-14H2,1-12H3. The van der Waals surface area contributed by atoms with Crippen LogP contribution < -0.4 is 16.0 Å². The van der Waals surface area contributed by atoms with Gasteiger partial charge in [0.2, 0.25) is 0 Å². The third-order valence-electron chi connectivity index (χ3n) is 12.6. The van der Waals surface area contributed by atoms with E-state index in [9.17, 15) is 0 Å². The average Bonchev–Trinajstić information content (AvgIpc) is 3.46. The van der Waals surface area contributed by atoms with Gasteiger partial charge in [-0.1, -0.05) is 68.2 Å². The first-order valence-electron chi connectivity index (χ1n) is 15.8. The van der Waals surface area contributed by atoms with Crippen LogP contribution in [0.5, 0.6) is 0 Å². The molecular weight excluding hydrogens is 440 g/mol. The first-order chi connectivity index (χ1) is 16.9. The van der Waals surface area contributed by atoms with Crippen LogP contribution in [-0.4, -0.2) is 48.0 Å². The molecule has 0 aliphatic carbocycles. The summed E-state index contributed by atoms with van der Waals surface area (Å²) in [7, 11) is 0. The molecule has 0 aromatic heterocycles. The maximum Gasteiger partial charge on any atom is 0.0505 e. The van der Waals surface area contributed by atoms with Crippen LogP contribution in [0.1, 0.15) is 95.9 Å². The molecule has 4 nitrogen and oxygen atoms in total. The Morgan fingerprint density at radius 2 is 1.06 bits per heavy atom.